The Bertz CT molecular complexity index is 371. The van der Waals surface area contributed by atoms with Crippen molar-refractivity contribution in [1.29, 1.82) is 0 Å². The first-order chi connectivity index (χ1) is 8.08. The number of benzene rings is 1. The lowest BCUT2D eigenvalue weighted by molar-refractivity contribution is -0.116. The lowest BCUT2D eigenvalue weighted by Crippen LogP contribution is -2.15. The molecule has 0 heterocycles. The molecule has 17 heavy (non-hydrogen) atoms. The smallest absolute Gasteiger partial charge is 0.149 e. The molecule has 1 atom stereocenters. The maximum Gasteiger partial charge on any atom is 0.149 e. The number of Topliss-reactive ketones (excluding diaryl/α,β-unsaturated/α-hetero) is 1. The van der Waals surface area contributed by atoms with E-state index in [1.807, 2.05) is 30.3 Å². The summed E-state index contributed by atoms with van der Waals surface area (Å²) in [6.45, 7) is 4.20. The van der Waals surface area contributed by atoms with Crippen LogP contribution in [0.25, 0.3) is 0 Å². The van der Waals surface area contributed by atoms with E-state index in [2.05, 4.69) is 13.8 Å². The first-order valence-electron chi connectivity index (χ1n) is 5.98. The summed E-state index contributed by atoms with van der Waals surface area (Å²) in [4.78, 5) is 11.7. The molecule has 0 saturated carbocycles. The zero-order chi connectivity index (χ0) is 12.7. The van der Waals surface area contributed by atoms with E-state index in [-0.39, 0.29) is 11.5 Å². The van der Waals surface area contributed by atoms with Gasteiger partial charge < -0.3 is 0 Å². The van der Waals surface area contributed by atoms with Gasteiger partial charge in [0.1, 0.15) is 5.78 Å². The fourth-order valence-electron chi connectivity index (χ4n) is 1.49. The van der Waals surface area contributed by atoms with Crippen molar-refractivity contribution in [3.63, 3.8) is 0 Å². The normalized spacial score (nSPS) is 12.6. The highest BCUT2D eigenvalue weighted by Gasteiger charge is 2.09. The number of carbonyl (C=O) groups is 1. The van der Waals surface area contributed by atoms with Gasteiger partial charge in [0.05, 0.1) is 5.75 Å². The molecule has 0 aromatic heterocycles. The molecule has 94 valence electrons. The van der Waals surface area contributed by atoms with Crippen molar-refractivity contribution in [3.05, 3.63) is 35.9 Å². The number of carbonyl (C=O) groups excluding carboxylic acids is 1. The van der Waals surface area contributed by atoms with Crippen LogP contribution in [0.15, 0.2) is 30.3 Å². The molecule has 0 spiro atoms. The van der Waals surface area contributed by atoms with Crippen LogP contribution in [0.4, 0.5) is 0 Å². The lowest BCUT2D eigenvalue weighted by atomic mass is 10.1. The Hall–Kier alpha value is -0.960. The van der Waals surface area contributed by atoms with Crippen LogP contribution < -0.4 is 0 Å². The van der Waals surface area contributed by atoms with Crippen LogP contribution in [0.1, 0.15) is 25.8 Å². The van der Waals surface area contributed by atoms with Crippen molar-refractivity contribution in [2.24, 2.45) is 5.92 Å². The third kappa shape index (κ3) is 6.37. The number of rotatable bonds is 7. The molecular formula is C14H20O2S. The number of hydrogen-bond donors (Lipinski definition) is 0. The summed E-state index contributed by atoms with van der Waals surface area (Å²) in [7, 11) is -0.994. The Labute approximate surface area is 106 Å². The van der Waals surface area contributed by atoms with E-state index >= 15 is 0 Å². The van der Waals surface area contributed by atoms with Gasteiger partial charge in [0, 0.05) is 23.0 Å². The van der Waals surface area contributed by atoms with E-state index in [1.165, 1.54) is 0 Å². The molecule has 1 unspecified atom stereocenters. The van der Waals surface area contributed by atoms with Crippen LogP contribution in [-0.4, -0.2) is 21.5 Å². The highest BCUT2D eigenvalue weighted by atomic mass is 32.2. The predicted molar refractivity (Wildman–Crippen MR) is 72.5 cm³/mol. The number of ketones is 1. The Morgan fingerprint density at radius 3 is 2.47 bits per heavy atom. The first-order valence-corrected chi connectivity index (χ1v) is 7.47. The molecule has 0 bridgehead atoms. The van der Waals surface area contributed by atoms with Crippen molar-refractivity contribution in [1.82, 2.24) is 0 Å². The van der Waals surface area contributed by atoms with Crippen LogP contribution in [0.2, 0.25) is 0 Å². The third-order valence-corrected chi connectivity index (χ3v) is 3.82. The largest absolute Gasteiger partial charge is 0.298 e. The Morgan fingerprint density at radius 1 is 1.24 bits per heavy atom. The first kappa shape index (κ1) is 14.1. The summed E-state index contributed by atoms with van der Waals surface area (Å²) in [6, 6.07) is 9.61. The molecule has 1 rings (SSSR count). The monoisotopic (exact) mass is 252 g/mol. The van der Waals surface area contributed by atoms with Gasteiger partial charge in [-0.3, -0.25) is 9.00 Å². The zero-order valence-electron chi connectivity index (χ0n) is 10.5. The Kier molecular flexibility index (Phi) is 6.12. The molecule has 3 heteroatoms. The Balaban J connectivity index is 2.32. The Morgan fingerprint density at radius 2 is 1.88 bits per heavy atom. The third-order valence-electron chi connectivity index (χ3n) is 2.49. The van der Waals surface area contributed by atoms with Crippen LogP contribution in [0.5, 0.6) is 0 Å². The van der Waals surface area contributed by atoms with Crippen molar-refractivity contribution >= 4 is 16.6 Å². The van der Waals surface area contributed by atoms with Gasteiger partial charge >= 0.3 is 0 Å². The second kappa shape index (κ2) is 7.38. The molecule has 0 aliphatic carbocycles. The van der Waals surface area contributed by atoms with Gasteiger partial charge in [0.15, 0.2) is 0 Å². The molecular weight excluding hydrogens is 232 g/mol. The molecule has 1 aromatic rings. The average Bonchev–Trinajstić information content (AvgIpc) is 2.27. The maximum absolute atomic E-state index is 11.7. The predicted octanol–water partition coefficient (Wildman–Crippen LogP) is 2.59. The average molecular weight is 252 g/mol. The second-order valence-electron chi connectivity index (χ2n) is 4.67. The lowest BCUT2D eigenvalue weighted by Gasteiger charge is -2.04. The molecule has 0 fully saturated rings. The van der Waals surface area contributed by atoms with Gasteiger partial charge in [-0.1, -0.05) is 44.2 Å². The van der Waals surface area contributed by atoms with E-state index < -0.39 is 10.8 Å². The van der Waals surface area contributed by atoms with Crippen LogP contribution >= 0.6 is 0 Å². The minimum absolute atomic E-state index is 0.0679. The van der Waals surface area contributed by atoms with Crippen molar-refractivity contribution < 1.29 is 9.00 Å². The zero-order valence-corrected chi connectivity index (χ0v) is 11.3. The van der Waals surface area contributed by atoms with Gasteiger partial charge in [0.2, 0.25) is 0 Å². The van der Waals surface area contributed by atoms with Crippen LogP contribution in [0, 0.1) is 5.92 Å². The van der Waals surface area contributed by atoms with E-state index in [1.54, 1.807) is 0 Å². The van der Waals surface area contributed by atoms with E-state index in [0.717, 1.165) is 12.0 Å². The molecule has 0 radical (unpaired) electrons. The SMILES string of the molecule is CC(C)CCS(=O)CC(=O)Cc1ccccc1. The van der Waals surface area contributed by atoms with E-state index in [9.17, 15) is 9.00 Å². The standard InChI is InChI=1S/C14H20O2S/c1-12(2)8-9-17(16)11-14(15)10-13-6-4-3-5-7-13/h3-7,12H,8-11H2,1-2H3. The highest BCUT2D eigenvalue weighted by molar-refractivity contribution is 7.85. The summed E-state index contributed by atoms with van der Waals surface area (Å²) in [5, 5.41) is 0. The molecule has 0 saturated heterocycles. The van der Waals surface area contributed by atoms with Gasteiger partial charge in [-0.15, -0.1) is 0 Å². The van der Waals surface area contributed by atoms with Gasteiger partial charge in [-0.25, -0.2) is 0 Å². The van der Waals surface area contributed by atoms with E-state index in [4.69, 9.17) is 0 Å². The molecule has 0 N–H and O–H groups in total. The van der Waals surface area contributed by atoms with Gasteiger partial charge in [-0.05, 0) is 17.9 Å². The molecule has 1 aromatic carbocycles. The van der Waals surface area contributed by atoms with Gasteiger partial charge in [0.25, 0.3) is 0 Å². The quantitative estimate of drug-likeness (QED) is 0.747. The fraction of sp³-hybridized carbons (Fsp3) is 0.500. The van der Waals surface area contributed by atoms with Crippen molar-refractivity contribution in [2.75, 3.05) is 11.5 Å². The molecule has 2 nitrogen and oxygen atoms in total. The van der Waals surface area contributed by atoms with E-state index in [0.29, 0.717) is 18.1 Å². The summed E-state index contributed by atoms with van der Waals surface area (Å²) in [6.07, 6.45) is 1.32. The molecule has 0 aliphatic rings. The minimum atomic E-state index is -0.994. The van der Waals surface area contributed by atoms with Crippen LogP contribution in [0.3, 0.4) is 0 Å². The van der Waals surface area contributed by atoms with Gasteiger partial charge in [-0.2, -0.15) is 0 Å². The minimum Gasteiger partial charge on any atom is -0.298 e. The molecule has 0 amide bonds. The second-order valence-corrected chi connectivity index (χ2v) is 6.25. The topological polar surface area (TPSA) is 34.1 Å². The van der Waals surface area contributed by atoms with Crippen LogP contribution in [-0.2, 0) is 22.0 Å². The summed E-state index contributed by atoms with van der Waals surface area (Å²) >= 11 is 0. The molecule has 0 aliphatic heterocycles. The highest BCUT2D eigenvalue weighted by Crippen LogP contribution is 2.04. The summed E-state index contributed by atoms with van der Waals surface area (Å²) in [5.74, 6) is 1.45. The maximum atomic E-state index is 11.7. The summed E-state index contributed by atoms with van der Waals surface area (Å²) in [5.41, 5.74) is 0.998. The van der Waals surface area contributed by atoms with Crippen molar-refractivity contribution in [2.45, 2.75) is 26.7 Å². The number of hydrogen-bond acceptors (Lipinski definition) is 2. The summed E-state index contributed by atoms with van der Waals surface area (Å²) < 4.78 is 11.6. The van der Waals surface area contributed by atoms with Crippen molar-refractivity contribution in [3.8, 4) is 0 Å². The fourth-order valence-corrected chi connectivity index (χ4v) is 2.83.